The zero-order valence-corrected chi connectivity index (χ0v) is 21.5. The second kappa shape index (κ2) is 13.4. The van der Waals surface area contributed by atoms with Crippen molar-refractivity contribution in [3.8, 4) is 0 Å². The van der Waals surface area contributed by atoms with Crippen molar-refractivity contribution in [3.05, 3.63) is 29.8 Å². The van der Waals surface area contributed by atoms with Crippen LogP contribution in [0.15, 0.2) is 29.3 Å². The minimum atomic E-state index is -0.737. The van der Waals surface area contributed by atoms with Crippen molar-refractivity contribution in [3.63, 3.8) is 0 Å². The van der Waals surface area contributed by atoms with E-state index in [-0.39, 0.29) is 41.2 Å². The summed E-state index contributed by atoms with van der Waals surface area (Å²) in [7, 11) is 1.03. The van der Waals surface area contributed by atoms with Crippen molar-refractivity contribution in [1.82, 2.24) is 10.6 Å². The van der Waals surface area contributed by atoms with Gasteiger partial charge in [-0.05, 0) is 49.8 Å². The first-order valence-electron chi connectivity index (χ1n) is 10.9. The highest BCUT2D eigenvalue weighted by atomic mass is 127. The molecular weight excluding hydrogens is 527 g/mol. The molecule has 7 nitrogen and oxygen atoms in total. The molecule has 1 amide bonds. The van der Waals surface area contributed by atoms with Gasteiger partial charge in [0, 0.05) is 53.7 Å². The van der Waals surface area contributed by atoms with Crippen LogP contribution in [0.2, 0.25) is 0 Å². The smallest absolute Gasteiger partial charge is 0.253 e. The lowest BCUT2D eigenvalue weighted by atomic mass is 9.95. The SMILES string of the molecule is CCS(=O)C1CCCC(NC(=NC)NCc2cccc(NC(=O)C3CCCO3)c2)C1.I. The van der Waals surface area contributed by atoms with Gasteiger partial charge in [0.2, 0.25) is 0 Å². The maximum Gasteiger partial charge on any atom is 0.253 e. The van der Waals surface area contributed by atoms with Gasteiger partial charge < -0.3 is 20.7 Å². The number of guanidine groups is 1. The predicted octanol–water partition coefficient (Wildman–Crippen LogP) is 3.17. The van der Waals surface area contributed by atoms with E-state index >= 15 is 0 Å². The maximum absolute atomic E-state index is 12.3. The number of aliphatic imine (C=N–C) groups is 1. The second-order valence-electron chi connectivity index (χ2n) is 7.92. The van der Waals surface area contributed by atoms with E-state index in [2.05, 4.69) is 20.9 Å². The zero-order valence-electron chi connectivity index (χ0n) is 18.4. The summed E-state index contributed by atoms with van der Waals surface area (Å²) in [5, 5.41) is 10.1. The molecule has 2 aliphatic rings. The Labute approximate surface area is 205 Å². The largest absolute Gasteiger partial charge is 0.368 e. The van der Waals surface area contributed by atoms with Crippen LogP contribution < -0.4 is 16.0 Å². The molecule has 1 aliphatic heterocycles. The van der Waals surface area contributed by atoms with Crippen molar-refractivity contribution in [2.45, 2.75) is 69.4 Å². The molecule has 3 N–H and O–H groups in total. The van der Waals surface area contributed by atoms with E-state index in [4.69, 9.17) is 4.74 Å². The van der Waals surface area contributed by atoms with E-state index in [0.717, 1.165) is 61.5 Å². The molecule has 1 aliphatic carbocycles. The number of hydrogen-bond acceptors (Lipinski definition) is 4. The summed E-state index contributed by atoms with van der Waals surface area (Å²) < 4.78 is 17.6. The Morgan fingerprint density at radius 3 is 2.81 bits per heavy atom. The van der Waals surface area contributed by atoms with Gasteiger partial charge in [-0.15, -0.1) is 24.0 Å². The molecule has 1 saturated heterocycles. The summed E-state index contributed by atoms with van der Waals surface area (Å²) in [4.78, 5) is 16.6. The molecule has 3 rings (SSSR count). The van der Waals surface area contributed by atoms with Crippen LogP contribution >= 0.6 is 24.0 Å². The van der Waals surface area contributed by atoms with Gasteiger partial charge in [0.25, 0.3) is 5.91 Å². The van der Waals surface area contributed by atoms with Crippen LogP contribution in [0, 0.1) is 0 Å². The van der Waals surface area contributed by atoms with Gasteiger partial charge in [-0.1, -0.05) is 25.5 Å². The van der Waals surface area contributed by atoms with Crippen LogP contribution in [-0.2, 0) is 26.9 Å². The number of benzene rings is 1. The molecule has 1 heterocycles. The zero-order chi connectivity index (χ0) is 21.3. The summed E-state index contributed by atoms with van der Waals surface area (Å²) in [5.41, 5.74) is 1.83. The molecule has 2 fully saturated rings. The summed E-state index contributed by atoms with van der Waals surface area (Å²) in [5.74, 6) is 1.40. The van der Waals surface area contributed by atoms with Crippen molar-refractivity contribution in [2.24, 2.45) is 4.99 Å². The summed E-state index contributed by atoms with van der Waals surface area (Å²) in [6.07, 6.45) is 5.52. The van der Waals surface area contributed by atoms with Gasteiger partial charge in [-0.3, -0.25) is 14.0 Å². The molecule has 4 atom stereocenters. The summed E-state index contributed by atoms with van der Waals surface area (Å²) >= 11 is 0. The average molecular weight is 563 g/mol. The quantitative estimate of drug-likeness (QED) is 0.270. The van der Waals surface area contributed by atoms with Crippen LogP contribution in [0.5, 0.6) is 0 Å². The lowest BCUT2D eigenvalue weighted by Gasteiger charge is -2.30. The first-order chi connectivity index (χ1) is 14.6. The number of anilines is 1. The molecule has 1 aromatic rings. The molecule has 0 bridgehead atoms. The lowest BCUT2D eigenvalue weighted by Crippen LogP contribution is -2.46. The predicted molar refractivity (Wildman–Crippen MR) is 138 cm³/mol. The van der Waals surface area contributed by atoms with E-state index in [1.54, 1.807) is 7.05 Å². The molecule has 31 heavy (non-hydrogen) atoms. The minimum Gasteiger partial charge on any atom is -0.368 e. The van der Waals surface area contributed by atoms with Crippen LogP contribution in [-0.4, -0.2) is 52.9 Å². The van der Waals surface area contributed by atoms with Gasteiger partial charge in [0.05, 0.1) is 0 Å². The standard InChI is InChI=1S/C22H34N4O3S.HI/c1-3-30(28)19-10-5-9-18(14-19)26-22(23-2)24-15-16-7-4-8-17(13-16)25-21(27)20-11-6-12-29-20;/h4,7-8,13,18-20H,3,5-6,9-12,14-15H2,1-2H3,(H,25,27)(H2,23,24,26);1H. The van der Waals surface area contributed by atoms with Gasteiger partial charge in [-0.2, -0.15) is 0 Å². The van der Waals surface area contributed by atoms with E-state index < -0.39 is 10.8 Å². The Morgan fingerprint density at radius 1 is 1.26 bits per heavy atom. The number of ether oxygens (including phenoxy) is 1. The first-order valence-corrected chi connectivity index (χ1v) is 12.3. The number of halogens is 1. The van der Waals surface area contributed by atoms with Gasteiger partial charge in [-0.25, -0.2) is 0 Å². The van der Waals surface area contributed by atoms with Crippen molar-refractivity contribution < 1.29 is 13.7 Å². The van der Waals surface area contributed by atoms with Crippen molar-refractivity contribution in [1.29, 1.82) is 0 Å². The maximum atomic E-state index is 12.3. The molecular formula is C22H35IN4O3S. The number of rotatable bonds is 7. The highest BCUT2D eigenvalue weighted by Gasteiger charge is 2.26. The van der Waals surface area contributed by atoms with Crippen LogP contribution in [0.3, 0.4) is 0 Å². The number of carbonyl (C=O) groups is 1. The van der Waals surface area contributed by atoms with Crippen LogP contribution in [0.25, 0.3) is 0 Å². The molecule has 4 unspecified atom stereocenters. The highest BCUT2D eigenvalue weighted by molar-refractivity contribution is 14.0. The van der Waals surface area contributed by atoms with Crippen LogP contribution in [0.1, 0.15) is 51.0 Å². The molecule has 0 radical (unpaired) electrons. The Hall–Kier alpha value is -1.20. The molecule has 174 valence electrons. The number of nitrogens with one attached hydrogen (secondary N) is 3. The van der Waals surface area contributed by atoms with Gasteiger partial charge in [0.1, 0.15) is 6.10 Å². The number of nitrogens with zero attached hydrogens (tertiary/aromatic N) is 1. The fourth-order valence-electron chi connectivity index (χ4n) is 4.09. The van der Waals surface area contributed by atoms with Gasteiger partial charge in [0.15, 0.2) is 5.96 Å². The molecule has 0 aromatic heterocycles. The fourth-order valence-corrected chi connectivity index (χ4v) is 5.44. The van der Waals surface area contributed by atoms with E-state index in [9.17, 15) is 9.00 Å². The highest BCUT2D eigenvalue weighted by Crippen LogP contribution is 2.23. The van der Waals surface area contributed by atoms with E-state index in [1.807, 2.05) is 31.2 Å². The molecule has 9 heteroatoms. The van der Waals surface area contributed by atoms with Crippen molar-refractivity contribution in [2.75, 3.05) is 24.7 Å². The average Bonchev–Trinajstić information content (AvgIpc) is 3.31. The number of amides is 1. The summed E-state index contributed by atoms with van der Waals surface area (Å²) in [6, 6.07) is 8.10. The molecule has 0 spiro atoms. The second-order valence-corrected chi connectivity index (χ2v) is 9.92. The van der Waals surface area contributed by atoms with E-state index in [0.29, 0.717) is 19.2 Å². The Kier molecular flexibility index (Phi) is 11.2. The third kappa shape index (κ3) is 8.02. The minimum absolute atomic E-state index is 0. The van der Waals surface area contributed by atoms with Gasteiger partial charge >= 0.3 is 0 Å². The van der Waals surface area contributed by atoms with E-state index in [1.165, 1.54) is 0 Å². The lowest BCUT2D eigenvalue weighted by molar-refractivity contribution is -0.124. The Balaban J connectivity index is 0.00000341. The topological polar surface area (TPSA) is 91.8 Å². The molecule has 1 saturated carbocycles. The Bertz CT molecular complexity index is 771. The molecule has 1 aromatic carbocycles. The third-order valence-corrected chi connectivity index (χ3v) is 7.46. The van der Waals surface area contributed by atoms with Crippen molar-refractivity contribution >= 4 is 52.3 Å². The normalized spacial score (nSPS) is 24.7. The Morgan fingerprint density at radius 2 is 2.10 bits per heavy atom. The monoisotopic (exact) mass is 562 g/mol. The summed E-state index contributed by atoms with van der Waals surface area (Å²) in [6.45, 7) is 3.25. The number of carbonyl (C=O) groups excluding carboxylic acids is 1. The van der Waals surface area contributed by atoms with Crippen LogP contribution in [0.4, 0.5) is 5.69 Å². The fraction of sp³-hybridized carbons (Fsp3) is 0.636. The first kappa shape index (κ1) is 26.1. The number of hydrogen-bond donors (Lipinski definition) is 3. The third-order valence-electron chi connectivity index (χ3n) is 5.72.